The molecule has 0 fully saturated rings. The van der Waals surface area contributed by atoms with E-state index in [0.717, 1.165) is 19.6 Å². The van der Waals surface area contributed by atoms with Crippen LogP contribution in [-0.2, 0) is 0 Å². The molecule has 0 aromatic carbocycles. The second-order valence-electron chi connectivity index (χ2n) is 3.06. The van der Waals surface area contributed by atoms with E-state index in [2.05, 4.69) is 27.5 Å². The van der Waals surface area contributed by atoms with Crippen molar-refractivity contribution >= 4 is 5.95 Å². The summed E-state index contributed by atoms with van der Waals surface area (Å²) in [6.07, 6.45) is 0. The van der Waals surface area contributed by atoms with Crippen molar-refractivity contribution in [2.75, 3.05) is 39.2 Å². The largest absolute Gasteiger partial charge is 0.481 e. The molecule has 0 amide bonds. The number of anilines is 1. The summed E-state index contributed by atoms with van der Waals surface area (Å²) < 4.78 is 10.1. The van der Waals surface area contributed by atoms with E-state index in [-0.39, 0.29) is 0 Å². The molecule has 0 bridgehead atoms. The number of likely N-dealkylation sites (N-methyl/N-ethyl adjacent to an activating group) is 1. The predicted molar refractivity (Wildman–Crippen MR) is 62.2 cm³/mol. The van der Waals surface area contributed by atoms with Crippen LogP contribution in [0.25, 0.3) is 0 Å². The molecule has 16 heavy (non-hydrogen) atoms. The van der Waals surface area contributed by atoms with Gasteiger partial charge in [-0.25, -0.2) is 0 Å². The Morgan fingerprint density at radius 2 is 1.75 bits per heavy atom. The maximum absolute atomic E-state index is 5.04. The molecule has 1 rings (SSSR count). The predicted octanol–water partition coefficient (Wildman–Crippen LogP) is 0.515. The van der Waals surface area contributed by atoms with Gasteiger partial charge in [-0.1, -0.05) is 6.92 Å². The van der Waals surface area contributed by atoms with E-state index in [1.165, 1.54) is 0 Å². The van der Waals surface area contributed by atoms with Gasteiger partial charge in [0, 0.05) is 13.1 Å². The highest BCUT2D eigenvalue weighted by Gasteiger charge is 2.04. The Morgan fingerprint density at radius 1 is 1.12 bits per heavy atom. The average Bonchev–Trinajstić information content (AvgIpc) is 2.34. The standard InChI is InChI=1S/C10H18N4O2/c1-4-11-5-6-12-10-13-8(15-2)7-9(14-10)16-3/h7,11H,4-6H2,1-3H3,(H,12,13,14). The molecule has 0 atom stereocenters. The maximum Gasteiger partial charge on any atom is 0.229 e. The number of ether oxygens (including phenoxy) is 2. The lowest BCUT2D eigenvalue weighted by Crippen LogP contribution is -2.22. The van der Waals surface area contributed by atoms with Crippen molar-refractivity contribution in [3.63, 3.8) is 0 Å². The highest BCUT2D eigenvalue weighted by Crippen LogP contribution is 2.16. The quantitative estimate of drug-likeness (QED) is 0.660. The molecule has 0 saturated carbocycles. The van der Waals surface area contributed by atoms with E-state index in [1.807, 2.05) is 0 Å². The molecule has 90 valence electrons. The summed E-state index contributed by atoms with van der Waals surface area (Å²) in [7, 11) is 3.12. The molecule has 0 radical (unpaired) electrons. The first-order valence-corrected chi connectivity index (χ1v) is 5.21. The van der Waals surface area contributed by atoms with Crippen LogP contribution in [0.1, 0.15) is 6.92 Å². The van der Waals surface area contributed by atoms with Gasteiger partial charge in [0.15, 0.2) is 0 Å². The average molecular weight is 226 g/mol. The number of methoxy groups -OCH3 is 2. The highest BCUT2D eigenvalue weighted by molar-refractivity contribution is 5.33. The van der Waals surface area contributed by atoms with Crippen LogP contribution in [-0.4, -0.2) is 43.8 Å². The van der Waals surface area contributed by atoms with Gasteiger partial charge in [0.25, 0.3) is 0 Å². The molecular formula is C10H18N4O2. The van der Waals surface area contributed by atoms with Gasteiger partial charge in [-0.2, -0.15) is 9.97 Å². The van der Waals surface area contributed by atoms with Crippen molar-refractivity contribution in [1.29, 1.82) is 0 Å². The van der Waals surface area contributed by atoms with Crippen LogP contribution >= 0.6 is 0 Å². The number of hydrogen-bond donors (Lipinski definition) is 2. The molecule has 0 aliphatic heterocycles. The van der Waals surface area contributed by atoms with Gasteiger partial charge >= 0.3 is 0 Å². The summed E-state index contributed by atoms with van der Waals surface area (Å²) in [5.74, 6) is 1.48. The smallest absolute Gasteiger partial charge is 0.229 e. The summed E-state index contributed by atoms with van der Waals surface area (Å²) in [5, 5.41) is 6.28. The lowest BCUT2D eigenvalue weighted by atomic mass is 10.5. The van der Waals surface area contributed by atoms with E-state index in [4.69, 9.17) is 9.47 Å². The van der Waals surface area contributed by atoms with E-state index >= 15 is 0 Å². The Labute approximate surface area is 95.4 Å². The summed E-state index contributed by atoms with van der Waals surface area (Å²) in [6, 6.07) is 1.63. The van der Waals surface area contributed by atoms with E-state index in [9.17, 15) is 0 Å². The molecule has 0 unspecified atom stereocenters. The minimum absolute atomic E-state index is 0.484. The third-order valence-corrected chi connectivity index (χ3v) is 1.93. The molecule has 6 heteroatoms. The summed E-state index contributed by atoms with van der Waals surface area (Å²) >= 11 is 0. The van der Waals surface area contributed by atoms with Crippen LogP contribution < -0.4 is 20.1 Å². The fourth-order valence-electron chi connectivity index (χ4n) is 1.13. The van der Waals surface area contributed by atoms with E-state index in [0.29, 0.717) is 17.7 Å². The van der Waals surface area contributed by atoms with Gasteiger partial charge in [-0.05, 0) is 6.54 Å². The summed E-state index contributed by atoms with van der Waals surface area (Å²) in [5.41, 5.74) is 0. The lowest BCUT2D eigenvalue weighted by molar-refractivity contribution is 0.373. The molecule has 6 nitrogen and oxygen atoms in total. The first-order valence-electron chi connectivity index (χ1n) is 5.21. The molecule has 1 aromatic heterocycles. The Morgan fingerprint density at radius 3 is 2.25 bits per heavy atom. The first kappa shape index (κ1) is 12.5. The van der Waals surface area contributed by atoms with Crippen molar-refractivity contribution in [2.45, 2.75) is 6.92 Å². The second-order valence-corrected chi connectivity index (χ2v) is 3.06. The number of hydrogen-bond acceptors (Lipinski definition) is 6. The second kappa shape index (κ2) is 6.84. The van der Waals surface area contributed by atoms with Crippen LogP contribution in [0.5, 0.6) is 11.8 Å². The van der Waals surface area contributed by atoms with Gasteiger partial charge in [0.05, 0.1) is 20.3 Å². The number of aromatic nitrogens is 2. The van der Waals surface area contributed by atoms with Gasteiger partial charge in [-0.3, -0.25) is 0 Å². The molecule has 1 heterocycles. The van der Waals surface area contributed by atoms with Crippen LogP contribution in [0.2, 0.25) is 0 Å². The lowest BCUT2D eigenvalue weighted by Gasteiger charge is -2.08. The van der Waals surface area contributed by atoms with Crippen LogP contribution in [0, 0.1) is 0 Å². The van der Waals surface area contributed by atoms with Crippen molar-refractivity contribution in [1.82, 2.24) is 15.3 Å². The molecule has 0 saturated heterocycles. The SMILES string of the molecule is CCNCCNc1nc(OC)cc(OC)n1. The Hall–Kier alpha value is -1.56. The molecule has 0 spiro atoms. The third-order valence-electron chi connectivity index (χ3n) is 1.93. The molecule has 0 aliphatic rings. The summed E-state index contributed by atoms with van der Waals surface area (Å²) in [6.45, 7) is 4.62. The van der Waals surface area contributed by atoms with Gasteiger partial charge in [0.2, 0.25) is 17.7 Å². The Bertz CT molecular complexity index is 297. The van der Waals surface area contributed by atoms with Gasteiger partial charge in [-0.15, -0.1) is 0 Å². The van der Waals surface area contributed by atoms with E-state index in [1.54, 1.807) is 20.3 Å². The summed E-state index contributed by atoms with van der Waals surface area (Å²) in [4.78, 5) is 8.29. The highest BCUT2D eigenvalue weighted by atomic mass is 16.5. The number of nitrogens with one attached hydrogen (secondary N) is 2. The number of nitrogens with zero attached hydrogens (tertiary/aromatic N) is 2. The van der Waals surface area contributed by atoms with Gasteiger partial charge < -0.3 is 20.1 Å². The topological polar surface area (TPSA) is 68.3 Å². The Balaban J connectivity index is 2.57. The first-order chi connectivity index (χ1) is 7.80. The Kier molecular flexibility index (Phi) is 5.35. The normalized spacial score (nSPS) is 9.94. The van der Waals surface area contributed by atoms with Crippen molar-refractivity contribution in [3.8, 4) is 11.8 Å². The molecule has 0 aliphatic carbocycles. The zero-order valence-corrected chi connectivity index (χ0v) is 9.91. The number of rotatable bonds is 7. The van der Waals surface area contributed by atoms with Gasteiger partial charge in [0.1, 0.15) is 0 Å². The molecular weight excluding hydrogens is 208 g/mol. The van der Waals surface area contributed by atoms with Crippen molar-refractivity contribution in [2.24, 2.45) is 0 Å². The third kappa shape index (κ3) is 3.90. The zero-order chi connectivity index (χ0) is 11.8. The van der Waals surface area contributed by atoms with Crippen LogP contribution in [0.4, 0.5) is 5.95 Å². The fourth-order valence-corrected chi connectivity index (χ4v) is 1.13. The minimum Gasteiger partial charge on any atom is -0.481 e. The van der Waals surface area contributed by atoms with Crippen molar-refractivity contribution < 1.29 is 9.47 Å². The van der Waals surface area contributed by atoms with Crippen LogP contribution in [0.15, 0.2) is 6.07 Å². The maximum atomic E-state index is 5.04. The van der Waals surface area contributed by atoms with Crippen molar-refractivity contribution in [3.05, 3.63) is 6.07 Å². The van der Waals surface area contributed by atoms with Crippen LogP contribution in [0.3, 0.4) is 0 Å². The fraction of sp³-hybridized carbons (Fsp3) is 0.600. The zero-order valence-electron chi connectivity index (χ0n) is 9.91. The minimum atomic E-state index is 0.484. The monoisotopic (exact) mass is 226 g/mol. The van der Waals surface area contributed by atoms with E-state index < -0.39 is 0 Å². The molecule has 1 aromatic rings. The molecule has 2 N–H and O–H groups in total.